The first-order valence-corrected chi connectivity index (χ1v) is 10.4. The summed E-state index contributed by atoms with van der Waals surface area (Å²) in [5, 5.41) is 8.53. The SMILES string of the molecule is O=C(NC1CCC(Oc2ccc3ncccc3c2)CC1)C1CCn2ncnc2C1. The third-order valence-corrected chi connectivity index (χ3v) is 6.08. The summed E-state index contributed by atoms with van der Waals surface area (Å²) in [4.78, 5) is 21.3. The molecule has 1 atom stereocenters. The van der Waals surface area contributed by atoms with E-state index in [0.29, 0.717) is 6.42 Å². The van der Waals surface area contributed by atoms with Crippen LogP contribution in [0.2, 0.25) is 0 Å². The number of carbonyl (C=O) groups excluding carboxylic acids is 1. The number of pyridine rings is 1. The molecule has 0 bridgehead atoms. The van der Waals surface area contributed by atoms with Crippen molar-refractivity contribution in [1.82, 2.24) is 25.1 Å². The minimum atomic E-state index is 0.00637. The summed E-state index contributed by atoms with van der Waals surface area (Å²) in [7, 11) is 0. The molecular formula is C22H25N5O2. The van der Waals surface area contributed by atoms with Gasteiger partial charge < -0.3 is 10.1 Å². The van der Waals surface area contributed by atoms with Crippen LogP contribution in [0, 0.1) is 5.92 Å². The number of benzene rings is 1. The van der Waals surface area contributed by atoms with Gasteiger partial charge >= 0.3 is 0 Å². The summed E-state index contributed by atoms with van der Waals surface area (Å²) >= 11 is 0. The second-order valence-electron chi connectivity index (χ2n) is 8.05. The van der Waals surface area contributed by atoms with Gasteiger partial charge in [-0.2, -0.15) is 5.10 Å². The molecule has 7 nitrogen and oxygen atoms in total. The van der Waals surface area contributed by atoms with E-state index in [9.17, 15) is 4.79 Å². The number of fused-ring (bicyclic) bond motifs is 2. The Hall–Kier alpha value is -2.96. The molecule has 1 aliphatic carbocycles. The van der Waals surface area contributed by atoms with Crippen LogP contribution in [0.25, 0.3) is 10.9 Å². The average Bonchev–Trinajstić information content (AvgIpc) is 3.23. The lowest BCUT2D eigenvalue weighted by Crippen LogP contribution is -2.44. The van der Waals surface area contributed by atoms with E-state index in [4.69, 9.17) is 4.74 Å². The first-order valence-electron chi connectivity index (χ1n) is 10.4. The van der Waals surface area contributed by atoms with E-state index in [1.165, 1.54) is 0 Å². The van der Waals surface area contributed by atoms with E-state index < -0.39 is 0 Å². The number of ether oxygens (including phenoxy) is 1. The van der Waals surface area contributed by atoms with Gasteiger partial charge in [0.2, 0.25) is 5.91 Å². The summed E-state index contributed by atoms with van der Waals surface area (Å²) in [6, 6.07) is 10.3. The molecule has 1 N–H and O–H groups in total. The molecule has 0 saturated heterocycles. The van der Waals surface area contributed by atoms with Gasteiger partial charge in [-0.05, 0) is 56.4 Å². The van der Waals surface area contributed by atoms with Gasteiger partial charge in [-0.25, -0.2) is 4.98 Å². The molecule has 29 heavy (non-hydrogen) atoms. The maximum absolute atomic E-state index is 12.7. The van der Waals surface area contributed by atoms with Crippen LogP contribution in [0.3, 0.4) is 0 Å². The lowest BCUT2D eigenvalue weighted by molar-refractivity contribution is -0.126. The number of nitrogens with one attached hydrogen (secondary N) is 1. The summed E-state index contributed by atoms with van der Waals surface area (Å²) in [5.74, 6) is 1.97. The number of amides is 1. The Labute approximate surface area is 169 Å². The Kier molecular flexibility index (Phi) is 4.87. The van der Waals surface area contributed by atoms with Gasteiger partial charge in [-0.15, -0.1) is 0 Å². The van der Waals surface area contributed by atoms with Crippen LogP contribution in [-0.2, 0) is 17.8 Å². The second kappa shape index (κ2) is 7.81. The zero-order valence-electron chi connectivity index (χ0n) is 16.3. The summed E-state index contributed by atoms with van der Waals surface area (Å²) < 4.78 is 8.10. The fourth-order valence-electron chi connectivity index (χ4n) is 4.42. The molecule has 1 saturated carbocycles. The molecule has 2 aliphatic rings. The van der Waals surface area contributed by atoms with Crippen LogP contribution in [-0.4, -0.2) is 37.8 Å². The zero-order valence-corrected chi connectivity index (χ0v) is 16.3. The second-order valence-corrected chi connectivity index (χ2v) is 8.05. The van der Waals surface area contributed by atoms with Crippen LogP contribution in [0.5, 0.6) is 5.75 Å². The number of aryl methyl sites for hydroxylation is 1. The maximum atomic E-state index is 12.7. The molecule has 1 aliphatic heterocycles. The van der Waals surface area contributed by atoms with Crippen molar-refractivity contribution in [3.8, 4) is 5.75 Å². The first-order chi connectivity index (χ1) is 14.2. The van der Waals surface area contributed by atoms with Crippen LogP contribution in [0.1, 0.15) is 37.9 Å². The van der Waals surface area contributed by atoms with Crippen LogP contribution in [0.4, 0.5) is 0 Å². The number of rotatable bonds is 4. The molecular weight excluding hydrogens is 366 g/mol. The van der Waals surface area contributed by atoms with Crippen molar-refractivity contribution >= 4 is 16.8 Å². The number of carbonyl (C=O) groups is 1. The molecule has 150 valence electrons. The van der Waals surface area contributed by atoms with Crippen molar-refractivity contribution in [1.29, 1.82) is 0 Å². The van der Waals surface area contributed by atoms with Crippen molar-refractivity contribution < 1.29 is 9.53 Å². The van der Waals surface area contributed by atoms with Gasteiger partial charge in [-0.1, -0.05) is 6.07 Å². The quantitative estimate of drug-likeness (QED) is 0.740. The van der Waals surface area contributed by atoms with Crippen LogP contribution >= 0.6 is 0 Å². The fraction of sp³-hybridized carbons (Fsp3) is 0.455. The minimum absolute atomic E-state index is 0.00637. The lowest BCUT2D eigenvalue weighted by atomic mass is 9.91. The Morgan fingerprint density at radius 2 is 2.00 bits per heavy atom. The van der Waals surface area contributed by atoms with Crippen LogP contribution < -0.4 is 10.1 Å². The predicted molar refractivity (Wildman–Crippen MR) is 108 cm³/mol. The molecule has 7 heteroatoms. The Bertz CT molecular complexity index is 1010. The molecule has 3 aromatic rings. The number of nitrogens with zero attached hydrogens (tertiary/aromatic N) is 4. The fourth-order valence-corrected chi connectivity index (χ4v) is 4.42. The largest absolute Gasteiger partial charge is 0.490 e. The predicted octanol–water partition coefficient (Wildman–Crippen LogP) is 2.90. The van der Waals surface area contributed by atoms with Gasteiger partial charge in [0.15, 0.2) is 0 Å². The smallest absolute Gasteiger partial charge is 0.223 e. The average molecular weight is 391 g/mol. The lowest BCUT2D eigenvalue weighted by Gasteiger charge is -2.31. The van der Waals surface area contributed by atoms with Crippen LogP contribution in [0.15, 0.2) is 42.9 Å². The molecule has 3 heterocycles. The molecule has 2 aromatic heterocycles. The molecule has 1 amide bonds. The number of hydrogen-bond donors (Lipinski definition) is 1. The van der Waals surface area contributed by atoms with Gasteiger partial charge in [0.1, 0.15) is 17.9 Å². The van der Waals surface area contributed by atoms with Crippen molar-refractivity contribution in [2.45, 2.75) is 57.2 Å². The Balaban J connectivity index is 1.12. The number of aromatic nitrogens is 4. The molecule has 1 fully saturated rings. The highest BCUT2D eigenvalue weighted by atomic mass is 16.5. The summed E-state index contributed by atoms with van der Waals surface area (Å²) in [6.07, 6.45) is 8.90. The molecule has 5 rings (SSSR count). The minimum Gasteiger partial charge on any atom is -0.490 e. The third kappa shape index (κ3) is 3.95. The topological polar surface area (TPSA) is 81.9 Å². The van der Waals surface area contributed by atoms with Gasteiger partial charge in [-0.3, -0.25) is 14.5 Å². The van der Waals surface area contributed by atoms with E-state index in [1.54, 1.807) is 12.5 Å². The molecule has 1 unspecified atom stereocenters. The van der Waals surface area contributed by atoms with Crippen molar-refractivity contribution in [2.24, 2.45) is 5.92 Å². The molecule has 0 spiro atoms. The standard InChI is InChI=1S/C22H25N5O2/c28-22(16-9-11-27-21(13-16)24-14-25-27)26-17-3-5-18(6-4-17)29-19-7-8-20-15(12-19)2-1-10-23-20/h1-2,7-8,10,12,14,16-18H,3-6,9,11,13H2,(H,26,28). The van der Waals surface area contributed by atoms with Gasteiger partial charge in [0, 0.05) is 36.5 Å². The highest BCUT2D eigenvalue weighted by Crippen LogP contribution is 2.27. The Morgan fingerprint density at radius 1 is 1.10 bits per heavy atom. The molecule has 1 aromatic carbocycles. The van der Waals surface area contributed by atoms with E-state index in [1.807, 2.05) is 22.9 Å². The Morgan fingerprint density at radius 3 is 2.90 bits per heavy atom. The maximum Gasteiger partial charge on any atom is 0.223 e. The van der Waals surface area contributed by atoms with Gasteiger partial charge in [0.05, 0.1) is 11.6 Å². The normalized spacial score (nSPS) is 24.1. The van der Waals surface area contributed by atoms with Crippen molar-refractivity contribution in [2.75, 3.05) is 0 Å². The van der Waals surface area contributed by atoms with E-state index in [0.717, 1.165) is 61.1 Å². The third-order valence-electron chi connectivity index (χ3n) is 6.08. The van der Waals surface area contributed by atoms with Gasteiger partial charge in [0.25, 0.3) is 0 Å². The van der Waals surface area contributed by atoms with Crippen molar-refractivity contribution in [3.05, 3.63) is 48.7 Å². The highest BCUT2D eigenvalue weighted by molar-refractivity contribution is 5.80. The van der Waals surface area contributed by atoms with Crippen molar-refractivity contribution in [3.63, 3.8) is 0 Å². The van der Waals surface area contributed by atoms with E-state index >= 15 is 0 Å². The zero-order chi connectivity index (χ0) is 19.6. The molecule has 0 radical (unpaired) electrons. The first kappa shape index (κ1) is 18.1. The monoisotopic (exact) mass is 391 g/mol. The van der Waals surface area contributed by atoms with E-state index in [2.05, 4.69) is 32.5 Å². The highest BCUT2D eigenvalue weighted by Gasteiger charge is 2.29. The number of hydrogen-bond acceptors (Lipinski definition) is 5. The van der Waals surface area contributed by atoms with E-state index in [-0.39, 0.29) is 24.0 Å². The summed E-state index contributed by atoms with van der Waals surface area (Å²) in [5.41, 5.74) is 0.979. The summed E-state index contributed by atoms with van der Waals surface area (Å²) in [6.45, 7) is 0.773.